The highest BCUT2D eigenvalue weighted by molar-refractivity contribution is 6.18. The van der Waals surface area contributed by atoms with Crippen LogP contribution in [0, 0.1) is 0 Å². The Kier molecular flexibility index (Phi) is 11.5. The number of benzene rings is 1. The molecular weight excluding hydrogens is 375 g/mol. The van der Waals surface area contributed by atoms with Crippen molar-refractivity contribution >= 4 is 34.9 Å². The van der Waals surface area contributed by atoms with Gasteiger partial charge in [-0.05, 0) is 30.5 Å². The third kappa shape index (κ3) is 8.02. The highest BCUT2D eigenvalue weighted by Gasteiger charge is 2.18. The van der Waals surface area contributed by atoms with Crippen LogP contribution in [0.3, 0.4) is 0 Å². The zero-order valence-corrected chi connectivity index (χ0v) is 16.9. The van der Waals surface area contributed by atoms with Crippen molar-refractivity contribution in [3.8, 4) is 5.75 Å². The van der Waals surface area contributed by atoms with Crippen LogP contribution in [0.5, 0.6) is 5.75 Å². The first-order chi connectivity index (χ1) is 12.5. The number of ether oxygens (including phenoxy) is 1. The zero-order valence-electron chi connectivity index (χ0n) is 15.4. The molecular formula is C19H30Cl2N2O3. The molecule has 1 atom stereocenters. The molecule has 0 heterocycles. The first kappa shape index (κ1) is 22.9. The minimum Gasteiger partial charge on any atom is -0.506 e. The lowest BCUT2D eigenvalue weighted by molar-refractivity contribution is -0.145. The van der Waals surface area contributed by atoms with E-state index in [0.717, 1.165) is 31.2 Å². The van der Waals surface area contributed by atoms with Crippen molar-refractivity contribution in [3.05, 3.63) is 23.8 Å². The molecule has 0 radical (unpaired) electrons. The van der Waals surface area contributed by atoms with Gasteiger partial charge in [0.1, 0.15) is 11.8 Å². The van der Waals surface area contributed by atoms with Crippen LogP contribution in [0.15, 0.2) is 18.2 Å². The fraction of sp³-hybridized carbons (Fsp3) is 0.632. The smallest absolute Gasteiger partial charge is 0.323 e. The standard InChI is InChI=1S/C19H30Cl2N2O3/c1-2-3-4-5-12-26-19(25)16(22)13-15-6-7-18(24)17(14-15)23(10-8-20)11-9-21/h6-7,14,16,24H,2-5,8-13,22H2,1H3. The number of phenolic OH excluding ortho intramolecular Hbond substituents is 1. The monoisotopic (exact) mass is 404 g/mol. The molecule has 0 aromatic heterocycles. The van der Waals surface area contributed by atoms with Gasteiger partial charge in [0.25, 0.3) is 0 Å². The van der Waals surface area contributed by atoms with Crippen molar-refractivity contribution in [1.29, 1.82) is 0 Å². The molecule has 0 spiro atoms. The number of rotatable bonds is 13. The van der Waals surface area contributed by atoms with Crippen LogP contribution < -0.4 is 10.6 Å². The summed E-state index contributed by atoms with van der Waals surface area (Å²) in [4.78, 5) is 13.9. The van der Waals surface area contributed by atoms with E-state index in [0.29, 0.717) is 43.6 Å². The summed E-state index contributed by atoms with van der Waals surface area (Å²) in [7, 11) is 0. The van der Waals surface area contributed by atoms with E-state index >= 15 is 0 Å². The molecule has 0 aliphatic heterocycles. The van der Waals surface area contributed by atoms with Crippen LogP contribution in [0.2, 0.25) is 0 Å². The van der Waals surface area contributed by atoms with Gasteiger partial charge in [0.05, 0.1) is 12.3 Å². The number of unbranched alkanes of at least 4 members (excludes halogenated alkanes) is 3. The fourth-order valence-electron chi connectivity index (χ4n) is 2.65. The lowest BCUT2D eigenvalue weighted by Crippen LogP contribution is -2.34. The van der Waals surface area contributed by atoms with Crippen LogP contribution in [-0.4, -0.2) is 48.6 Å². The second-order valence-electron chi connectivity index (χ2n) is 6.23. The van der Waals surface area contributed by atoms with Crippen molar-refractivity contribution in [1.82, 2.24) is 0 Å². The van der Waals surface area contributed by atoms with Gasteiger partial charge in [-0.15, -0.1) is 23.2 Å². The maximum Gasteiger partial charge on any atom is 0.323 e. The molecule has 7 heteroatoms. The number of esters is 1. The average Bonchev–Trinajstić information content (AvgIpc) is 2.62. The molecule has 1 rings (SSSR count). The summed E-state index contributed by atoms with van der Waals surface area (Å²) in [6.45, 7) is 3.68. The van der Waals surface area contributed by atoms with Crippen molar-refractivity contribution in [2.24, 2.45) is 5.73 Å². The Morgan fingerprint density at radius 3 is 2.54 bits per heavy atom. The van der Waals surface area contributed by atoms with Gasteiger partial charge in [-0.1, -0.05) is 32.3 Å². The molecule has 0 fully saturated rings. The molecule has 26 heavy (non-hydrogen) atoms. The van der Waals surface area contributed by atoms with Gasteiger partial charge >= 0.3 is 5.97 Å². The van der Waals surface area contributed by atoms with Gasteiger partial charge in [-0.25, -0.2) is 0 Å². The summed E-state index contributed by atoms with van der Waals surface area (Å²) < 4.78 is 5.24. The van der Waals surface area contributed by atoms with Crippen LogP contribution in [0.25, 0.3) is 0 Å². The molecule has 1 aromatic rings. The molecule has 0 amide bonds. The molecule has 0 saturated heterocycles. The highest BCUT2D eigenvalue weighted by Crippen LogP contribution is 2.29. The third-order valence-electron chi connectivity index (χ3n) is 4.09. The van der Waals surface area contributed by atoms with Gasteiger partial charge in [0.15, 0.2) is 0 Å². The minimum atomic E-state index is -0.729. The van der Waals surface area contributed by atoms with E-state index in [1.54, 1.807) is 12.1 Å². The van der Waals surface area contributed by atoms with E-state index in [4.69, 9.17) is 33.7 Å². The van der Waals surface area contributed by atoms with E-state index in [2.05, 4.69) is 6.92 Å². The van der Waals surface area contributed by atoms with Gasteiger partial charge in [0.2, 0.25) is 0 Å². The molecule has 0 aliphatic rings. The zero-order chi connectivity index (χ0) is 19.4. The number of carbonyl (C=O) groups is 1. The van der Waals surface area contributed by atoms with Crippen LogP contribution in [0.1, 0.15) is 38.2 Å². The van der Waals surface area contributed by atoms with Crippen molar-refractivity contribution in [2.45, 2.75) is 45.1 Å². The lowest BCUT2D eigenvalue weighted by atomic mass is 10.0. The van der Waals surface area contributed by atoms with Crippen LogP contribution in [0.4, 0.5) is 5.69 Å². The number of halogens is 2. The number of hydrogen-bond donors (Lipinski definition) is 2. The normalized spacial score (nSPS) is 12.0. The molecule has 0 aliphatic carbocycles. The van der Waals surface area contributed by atoms with Crippen molar-refractivity contribution in [3.63, 3.8) is 0 Å². The average molecular weight is 405 g/mol. The van der Waals surface area contributed by atoms with Crippen LogP contribution >= 0.6 is 23.2 Å². The molecule has 0 saturated carbocycles. The highest BCUT2D eigenvalue weighted by atomic mass is 35.5. The number of nitrogens with two attached hydrogens (primary N) is 1. The molecule has 0 bridgehead atoms. The maximum absolute atomic E-state index is 12.0. The van der Waals surface area contributed by atoms with E-state index in [1.165, 1.54) is 0 Å². The maximum atomic E-state index is 12.0. The Balaban J connectivity index is 2.65. The first-order valence-corrected chi connectivity index (χ1v) is 10.2. The summed E-state index contributed by atoms with van der Waals surface area (Å²) in [5.74, 6) is 0.597. The Labute approximate surface area is 166 Å². The number of aromatic hydroxyl groups is 1. The predicted molar refractivity (Wildman–Crippen MR) is 109 cm³/mol. The summed E-state index contributed by atoms with van der Waals surface area (Å²) in [6, 6.07) is 4.45. The van der Waals surface area contributed by atoms with E-state index < -0.39 is 12.0 Å². The van der Waals surface area contributed by atoms with Crippen LogP contribution in [-0.2, 0) is 16.0 Å². The number of nitrogens with zero attached hydrogens (tertiary/aromatic N) is 1. The Hall–Kier alpha value is -1.17. The Morgan fingerprint density at radius 2 is 1.92 bits per heavy atom. The fourth-order valence-corrected chi connectivity index (χ4v) is 3.06. The van der Waals surface area contributed by atoms with E-state index in [9.17, 15) is 9.90 Å². The summed E-state index contributed by atoms with van der Waals surface area (Å²) >= 11 is 11.7. The van der Waals surface area contributed by atoms with E-state index in [1.807, 2.05) is 11.0 Å². The molecule has 1 aromatic carbocycles. The van der Waals surface area contributed by atoms with Crippen molar-refractivity contribution < 1.29 is 14.6 Å². The second kappa shape index (κ2) is 13.1. The van der Waals surface area contributed by atoms with Gasteiger partial charge in [0, 0.05) is 24.8 Å². The third-order valence-corrected chi connectivity index (χ3v) is 4.43. The van der Waals surface area contributed by atoms with Gasteiger partial charge in [-0.3, -0.25) is 4.79 Å². The predicted octanol–water partition coefficient (Wildman–Crippen LogP) is 3.67. The number of hydrogen-bond acceptors (Lipinski definition) is 5. The number of alkyl halides is 2. The minimum absolute atomic E-state index is 0.149. The number of carbonyl (C=O) groups excluding carboxylic acids is 1. The molecule has 1 unspecified atom stereocenters. The van der Waals surface area contributed by atoms with Crippen molar-refractivity contribution in [2.75, 3.05) is 36.4 Å². The molecule has 3 N–H and O–H groups in total. The quantitative estimate of drug-likeness (QED) is 0.298. The number of anilines is 1. The Morgan fingerprint density at radius 1 is 1.23 bits per heavy atom. The largest absolute Gasteiger partial charge is 0.506 e. The topological polar surface area (TPSA) is 75.8 Å². The molecule has 148 valence electrons. The first-order valence-electron chi connectivity index (χ1n) is 9.14. The van der Waals surface area contributed by atoms with E-state index in [-0.39, 0.29) is 5.75 Å². The Bertz CT molecular complexity index is 538. The second-order valence-corrected chi connectivity index (χ2v) is 6.98. The summed E-state index contributed by atoms with van der Waals surface area (Å²) in [5, 5.41) is 10.1. The molecule has 5 nitrogen and oxygen atoms in total. The van der Waals surface area contributed by atoms with Gasteiger partial charge < -0.3 is 20.5 Å². The van der Waals surface area contributed by atoms with Gasteiger partial charge in [-0.2, -0.15) is 0 Å². The summed E-state index contributed by atoms with van der Waals surface area (Å²) in [6.07, 6.45) is 4.54. The summed E-state index contributed by atoms with van der Waals surface area (Å²) in [5.41, 5.74) is 7.47. The number of phenols is 1. The lowest BCUT2D eigenvalue weighted by Gasteiger charge is -2.24. The SMILES string of the molecule is CCCCCCOC(=O)C(N)Cc1ccc(O)c(N(CCCl)CCCl)c1.